The lowest BCUT2D eigenvalue weighted by atomic mass is 10.1. The van der Waals surface area contributed by atoms with Gasteiger partial charge in [0.15, 0.2) is 0 Å². The number of halogens is 1. The van der Waals surface area contributed by atoms with Gasteiger partial charge in [-0.1, -0.05) is 34.1 Å². The first-order valence-electron chi connectivity index (χ1n) is 6.83. The first-order chi connectivity index (χ1) is 10.1. The van der Waals surface area contributed by atoms with Crippen molar-refractivity contribution in [2.75, 3.05) is 13.7 Å². The van der Waals surface area contributed by atoms with E-state index in [2.05, 4.69) is 15.9 Å². The van der Waals surface area contributed by atoms with Crippen LogP contribution in [0.4, 0.5) is 0 Å². The molecule has 0 spiro atoms. The van der Waals surface area contributed by atoms with Crippen LogP contribution in [0.5, 0.6) is 5.75 Å². The van der Waals surface area contributed by atoms with E-state index >= 15 is 0 Å². The molecule has 0 saturated carbocycles. The minimum absolute atomic E-state index is 0.00574. The molecule has 0 N–H and O–H groups in total. The lowest BCUT2D eigenvalue weighted by Gasteiger charge is -2.18. The molecule has 3 nitrogen and oxygen atoms in total. The predicted octanol–water partition coefficient (Wildman–Crippen LogP) is 4.12. The van der Waals surface area contributed by atoms with Crippen LogP contribution in [0.25, 0.3) is 0 Å². The molecule has 1 amide bonds. The molecule has 110 valence electrons. The molecule has 0 saturated heterocycles. The first kappa shape index (κ1) is 15.6. The van der Waals surface area contributed by atoms with Crippen LogP contribution in [-0.4, -0.2) is 24.5 Å². The number of nitrogens with zero attached hydrogens (tertiary/aromatic N) is 1. The van der Waals surface area contributed by atoms with Gasteiger partial charge in [0.05, 0.1) is 6.61 Å². The smallest absolute Gasteiger partial charge is 0.253 e. The molecule has 0 aromatic heterocycles. The van der Waals surface area contributed by atoms with Crippen LogP contribution in [-0.2, 0) is 6.54 Å². The molecule has 0 aliphatic rings. The summed E-state index contributed by atoms with van der Waals surface area (Å²) in [6, 6.07) is 15.1. The summed E-state index contributed by atoms with van der Waals surface area (Å²) in [5.74, 6) is 0.774. The Kier molecular flexibility index (Phi) is 5.39. The summed E-state index contributed by atoms with van der Waals surface area (Å²) in [6.07, 6.45) is 0. The number of ether oxygens (including phenoxy) is 1. The van der Waals surface area contributed by atoms with Crippen molar-refractivity contribution >= 4 is 21.8 Å². The van der Waals surface area contributed by atoms with E-state index in [-0.39, 0.29) is 5.91 Å². The van der Waals surface area contributed by atoms with Crippen LogP contribution in [0.2, 0.25) is 0 Å². The largest absolute Gasteiger partial charge is 0.494 e. The van der Waals surface area contributed by atoms with Gasteiger partial charge in [0.2, 0.25) is 0 Å². The third kappa shape index (κ3) is 4.08. The highest BCUT2D eigenvalue weighted by atomic mass is 79.9. The molecule has 2 rings (SSSR count). The summed E-state index contributed by atoms with van der Waals surface area (Å²) in [6.45, 7) is 3.12. The molecule has 0 aliphatic heterocycles. The Hall–Kier alpha value is -1.81. The molecule has 0 aliphatic carbocycles. The van der Waals surface area contributed by atoms with Crippen LogP contribution in [0.1, 0.15) is 22.8 Å². The summed E-state index contributed by atoms with van der Waals surface area (Å²) in [4.78, 5) is 14.1. The highest BCUT2D eigenvalue weighted by Crippen LogP contribution is 2.19. The van der Waals surface area contributed by atoms with Crippen molar-refractivity contribution in [3.63, 3.8) is 0 Å². The third-order valence-corrected chi connectivity index (χ3v) is 3.90. The van der Waals surface area contributed by atoms with Crippen molar-refractivity contribution < 1.29 is 9.53 Å². The van der Waals surface area contributed by atoms with Crippen molar-refractivity contribution in [3.05, 3.63) is 64.1 Å². The summed E-state index contributed by atoms with van der Waals surface area (Å²) in [7, 11) is 1.80. The normalized spacial score (nSPS) is 10.2. The van der Waals surface area contributed by atoms with Crippen LogP contribution in [0.3, 0.4) is 0 Å². The Bertz CT molecular complexity index is 610. The second-order valence-corrected chi connectivity index (χ2v) is 5.56. The Balaban J connectivity index is 2.07. The number of carbonyl (C=O) groups is 1. The maximum Gasteiger partial charge on any atom is 0.253 e. The van der Waals surface area contributed by atoms with Crippen LogP contribution >= 0.6 is 15.9 Å². The van der Waals surface area contributed by atoms with Crippen molar-refractivity contribution in [1.29, 1.82) is 0 Å². The SMILES string of the molecule is CCOc1ccc(C(=O)N(C)Cc2ccccc2Br)cc1. The molecule has 21 heavy (non-hydrogen) atoms. The van der Waals surface area contributed by atoms with E-state index in [1.165, 1.54) is 0 Å². The average Bonchev–Trinajstić information content (AvgIpc) is 2.50. The van der Waals surface area contributed by atoms with Gasteiger partial charge in [0.1, 0.15) is 5.75 Å². The first-order valence-corrected chi connectivity index (χ1v) is 7.63. The van der Waals surface area contributed by atoms with Crippen LogP contribution in [0.15, 0.2) is 53.0 Å². The second-order valence-electron chi connectivity index (χ2n) is 4.71. The molecule has 0 fully saturated rings. The summed E-state index contributed by atoms with van der Waals surface area (Å²) < 4.78 is 6.39. The van der Waals surface area contributed by atoms with Crippen LogP contribution in [0, 0.1) is 0 Å². The molecular weight excluding hydrogens is 330 g/mol. The van der Waals surface area contributed by atoms with E-state index < -0.39 is 0 Å². The quantitative estimate of drug-likeness (QED) is 0.814. The fourth-order valence-electron chi connectivity index (χ4n) is 2.03. The zero-order valence-corrected chi connectivity index (χ0v) is 13.8. The second kappa shape index (κ2) is 7.27. The Morgan fingerprint density at radius 1 is 1.14 bits per heavy atom. The van der Waals surface area contributed by atoms with Gasteiger partial charge in [0.25, 0.3) is 5.91 Å². The minimum atomic E-state index is -0.00574. The van der Waals surface area contributed by atoms with Gasteiger partial charge >= 0.3 is 0 Å². The van der Waals surface area contributed by atoms with E-state index in [0.717, 1.165) is 15.8 Å². The maximum atomic E-state index is 12.4. The summed E-state index contributed by atoms with van der Waals surface area (Å²) in [5, 5.41) is 0. The molecule has 4 heteroatoms. The Morgan fingerprint density at radius 2 is 1.81 bits per heavy atom. The number of amides is 1. The molecule has 2 aromatic carbocycles. The van der Waals surface area contributed by atoms with Gasteiger partial charge in [-0.05, 0) is 42.8 Å². The van der Waals surface area contributed by atoms with Crippen molar-refractivity contribution in [2.45, 2.75) is 13.5 Å². The molecule has 0 bridgehead atoms. The lowest BCUT2D eigenvalue weighted by Crippen LogP contribution is -2.26. The molecule has 0 radical (unpaired) electrons. The predicted molar refractivity (Wildman–Crippen MR) is 87.6 cm³/mol. The Labute approximate surface area is 133 Å². The summed E-state index contributed by atoms with van der Waals surface area (Å²) >= 11 is 3.50. The zero-order chi connectivity index (χ0) is 15.2. The topological polar surface area (TPSA) is 29.5 Å². The molecule has 0 heterocycles. The van der Waals surface area contributed by atoms with Crippen molar-refractivity contribution in [3.8, 4) is 5.75 Å². The third-order valence-electron chi connectivity index (χ3n) is 3.12. The number of hydrogen-bond donors (Lipinski definition) is 0. The minimum Gasteiger partial charge on any atom is -0.494 e. The number of benzene rings is 2. The molecule has 0 atom stereocenters. The standard InChI is InChI=1S/C17H18BrNO2/c1-3-21-15-10-8-13(9-11-15)17(20)19(2)12-14-6-4-5-7-16(14)18/h4-11H,3,12H2,1-2H3. The van der Waals surface area contributed by atoms with E-state index in [9.17, 15) is 4.79 Å². The van der Waals surface area contributed by atoms with Gasteiger partial charge in [0, 0.05) is 23.6 Å². The van der Waals surface area contributed by atoms with Gasteiger partial charge in [-0.3, -0.25) is 4.79 Å². The van der Waals surface area contributed by atoms with Gasteiger partial charge < -0.3 is 9.64 Å². The van der Waals surface area contributed by atoms with E-state index in [4.69, 9.17) is 4.74 Å². The van der Waals surface area contributed by atoms with E-state index in [1.54, 1.807) is 24.1 Å². The van der Waals surface area contributed by atoms with Gasteiger partial charge in [-0.2, -0.15) is 0 Å². The zero-order valence-electron chi connectivity index (χ0n) is 12.2. The van der Waals surface area contributed by atoms with E-state index in [0.29, 0.717) is 18.7 Å². The monoisotopic (exact) mass is 347 g/mol. The van der Waals surface area contributed by atoms with Gasteiger partial charge in [-0.15, -0.1) is 0 Å². The highest BCUT2D eigenvalue weighted by Gasteiger charge is 2.13. The van der Waals surface area contributed by atoms with Gasteiger partial charge in [-0.25, -0.2) is 0 Å². The van der Waals surface area contributed by atoms with Crippen molar-refractivity contribution in [2.24, 2.45) is 0 Å². The molecular formula is C17H18BrNO2. The highest BCUT2D eigenvalue weighted by molar-refractivity contribution is 9.10. The fourth-order valence-corrected chi connectivity index (χ4v) is 2.44. The van der Waals surface area contributed by atoms with E-state index in [1.807, 2.05) is 43.3 Å². The molecule has 2 aromatic rings. The molecule has 0 unspecified atom stereocenters. The number of rotatable bonds is 5. The van der Waals surface area contributed by atoms with Crippen molar-refractivity contribution in [1.82, 2.24) is 4.90 Å². The van der Waals surface area contributed by atoms with Crippen LogP contribution < -0.4 is 4.74 Å². The average molecular weight is 348 g/mol. The lowest BCUT2D eigenvalue weighted by molar-refractivity contribution is 0.0785. The number of carbonyl (C=O) groups excluding carboxylic acids is 1. The number of hydrogen-bond acceptors (Lipinski definition) is 2. The Morgan fingerprint density at radius 3 is 2.43 bits per heavy atom. The summed E-state index contributed by atoms with van der Waals surface area (Å²) in [5.41, 5.74) is 1.74. The maximum absolute atomic E-state index is 12.4. The fraction of sp³-hybridized carbons (Fsp3) is 0.235.